The minimum atomic E-state index is -0.667. The van der Waals surface area contributed by atoms with Crippen LogP contribution in [0.25, 0.3) is 0 Å². The molecule has 0 N–H and O–H groups in total. The molecule has 8 heteroatoms. The molecule has 2 aliphatic heterocycles. The third-order valence-corrected chi connectivity index (χ3v) is 9.18. The molecule has 0 bridgehead atoms. The van der Waals surface area contributed by atoms with Crippen molar-refractivity contribution in [2.24, 2.45) is 5.92 Å². The van der Waals surface area contributed by atoms with Crippen molar-refractivity contribution >= 4 is 17.9 Å². The first kappa shape index (κ1) is 31.3. The maximum Gasteiger partial charge on any atom is 0.328 e. The molecule has 2 aliphatic rings. The number of rotatable bonds is 8. The summed E-state index contributed by atoms with van der Waals surface area (Å²) in [5.41, 5.74) is 2.72. The number of benzene rings is 3. The topological polar surface area (TPSA) is 73.4 Å². The number of nitrogens with zero attached hydrogens (tertiary/aromatic N) is 4. The van der Waals surface area contributed by atoms with Crippen molar-refractivity contribution in [1.29, 1.82) is 0 Å². The van der Waals surface area contributed by atoms with Gasteiger partial charge in [-0.05, 0) is 35.4 Å². The number of hydrogen-bond donors (Lipinski definition) is 0. The molecule has 5 rings (SSSR count). The fraction of sp³-hybridized carbons (Fsp3) is 0.417. The highest BCUT2D eigenvalue weighted by atomic mass is 16.5. The normalized spacial score (nSPS) is 18.2. The van der Waals surface area contributed by atoms with Crippen molar-refractivity contribution in [3.63, 3.8) is 0 Å². The molecular weight excluding hydrogens is 552 g/mol. The number of urea groups is 1. The Morgan fingerprint density at radius 2 is 1.23 bits per heavy atom. The van der Waals surface area contributed by atoms with Crippen LogP contribution in [-0.2, 0) is 19.9 Å². The minimum Gasteiger partial charge on any atom is -0.467 e. The molecule has 0 aromatic heterocycles. The molecular formula is C36H44N4O4. The average molecular weight is 597 g/mol. The number of amides is 3. The van der Waals surface area contributed by atoms with E-state index >= 15 is 0 Å². The van der Waals surface area contributed by atoms with Gasteiger partial charge in [0, 0.05) is 39.8 Å². The highest BCUT2D eigenvalue weighted by Crippen LogP contribution is 2.47. The molecule has 3 aromatic carbocycles. The van der Waals surface area contributed by atoms with Crippen LogP contribution in [0.3, 0.4) is 0 Å². The summed E-state index contributed by atoms with van der Waals surface area (Å²) < 4.78 is 4.98. The molecule has 0 aliphatic carbocycles. The van der Waals surface area contributed by atoms with E-state index in [1.54, 1.807) is 11.9 Å². The molecule has 1 unspecified atom stereocenters. The van der Waals surface area contributed by atoms with Gasteiger partial charge < -0.3 is 19.4 Å². The van der Waals surface area contributed by atoms with E-state index in [4.69, 9.17) is 4.74 Å². The number of likely N-dealkylation sites (tertiary alicyclic amines) is 1. The molecule has 0 spiro atoms. The van der Waals surface area contributed by atoms with Gasteiger partial charge in [-0.2, -0.15) is 0 Å². The van der Waals surface area contributed by atoms with Crippen LogP contribution in [0.5, 0.6) is 0 Å². The third kappa shape index (κ3) is 5.83. The third-order valence-electron chi connectivity index (χ3n) is 9.18. The van der Waals surface area contributed by atoms with Crippen LogP contribution >= 0.6 is 0 Å². The Hall–Kier alpha value is -4.17. The van der Waals surface area contributed by atoms with Gasteiger partial charge in [-0.1, -0.05) is 105 Å². The smallest absolute Gasteiger partial charge is 0.328 e. The van der Waals surface area contributed by atoms with E-state index in [0.29, 0.717) is 32.6 Å². The fourth-order valence-electron chi connectivity index (χ4n) is 6.96. The highest BCUT2D eigenvalue weighted by Gasteiger charge is 2.52. The van der Waals surface area contributed by atoms with Crippen molar-refractivity contribution in [2.45, 2.75) is 44.3 Å². The molecule has 44 heavy (non-hydrogen) atoms. The Balaban J connectivity index is 1.40. The number of carbonyl (C=O) groups excluding carboxylic acids is 3. The van der Waals surface area contributed by atoms with Gasteiger partial charge in [0.25, 0.3) is 0 Å². The number of hydrogen-bond acceptors (Lipinski definition) is 5. The Labute approximate surface area is 261 Å². The van der Waals surface area contributed by atoms with E-state index in [2.05, 4.69) is 77.7 Å². The van der Waals surface area contributed by atoms with Crippen molar-refractivity contribution in [2.75, 3.05) is 46.9 Å². The summed E-state index contributed by atoms with van der Waals surface area (Å²) in [6.07, 6.45) is 1.44. The zero-order valence-corrected chi connectivity index (χ0v) is 26.3. The van der Waals surface area contributed by atoms with Gasteiger partial charge in [0.05, 0.1) is 18.7 Å². The van der Waals surface area contributed by atoms with E-state index in [0.717, 1.165) is 29.7 Å². The molecule has 232 valence electrons. The molecule has 0 saturated carbocycles. The van der Waals surface area contributed by atoms with Crippen LogP contribution in [0.15, 0.2) is 91.0 Å². The van der Waals surface area contributed by atoms with Crippen LogP contribution < -0.4 is 0 Å². The second-order valence-electron chi connectivity index (χ2n) is 12.1. The van der Waals surface area contributed by atoms with Crippen LogP contribution in [0, 0.1) is 5.92 Å². The molecule has 3 aromatic rings. The summed E-state index contributed by atoms with van der Waals surface area (Å²) >= 11 is 0. The van der Waals surface area contributed by atoms with E-state index in [9.17, 15) is 14.4 Å². The Kier molecular flexibility index (Phi) is 9.69. The van der Waals surface area contributed by atoms with Gasteiger partial charge in [0.2, 0.25) is 5.91 Å². The lowest BCUT2D eigenvalue weighted by molar-refractivity contribution is -0.147. The SMILES string of the molecule is COC(=O)C(C(C)C)N(C)C(=O)N1CCCN(C(=O)[C@@H]2CCN2C(c2ccccc2)(c2ccccc2)c2ccccc2)CC1. The van der Waals surface area contributed by atoms with Crippen molar-refractivity contribution in [1.82, 2.24) is 19.6 Å². The summed E-state index contributed by atoms with van der Waals surface area (Å²) in [5.74, 6) is -0.419. The molecule has 2 atom stereocenters. The number of methoxy groups -OCH3 is 1. The van der Waals surface area contributed by atoms with Crippen LogP contribution in [0.1, 0.15) is 43.4 Å². The standard InChI is InChI=1S/C36H44N4O4/c1-27(2)32(34(42)44-4)37(3)35(43)39-23-14-22-38(25-26-39)33(41)31-21-24-40(31)36(28-15-8-5-9-16-28,29-17-10-6-11-18-29)30-19-12-7-13-20-30/h5-13,15-20,27,31-32H,14,21-26H2,1-4H3/t31-,32?/m0/s1. The Morgan fingerprint density at radius 3 is 1.66 bits per heavy atom. The lowest BCUT2D eigenvalue weighted by atomic mass is 9.72. The van der Waals surface area contributed by atoms with Crippen molar-refractivity contribution in [3.05, 3.63) is 108 Å². The fourth-order valence-corrected chi connectivity index (χ4v) is 6.96. The van der Waals surface area contributed by atoms with Crippen LogP contribution in [0.2, 0.25) is 0 Å². The van der Waals surface area contributed by atoms with Crippen LogP contribution in [0.4, 0.5) is 4.79 Å². The summed E-state index contributed by atoms with van der Waals surface area (Å²) in [5, 5.41) is 0. The average Bonchev–Trinajstić information content (AvgIpc) is 3.30. The first-order valence-corrected chi connectivity index (χ1v) is 15.6. The maximum atomic E-state index is 14.3. The Bertz CT molecular complexity index is 1320. The van der Waals surface area contributed by atoms with Gasteiger partial charge in [-0.25, -0.2) is 9.59 Å². The first-order valence-electron chi connectivity index (χ1n) is 15.6. The summed E-state index contributed by atoms with van der Waals surface area (Å²) in [7, 11) is 3.00. The highest BCUT2D eigenvalue weighted by molar-refractivity contribution is 5.85. The zero-order chi connectivity index (χ0) is 31.3. The molecule has 0 radical (unpaired) electrons. The molecule has 3 amide bonds. The van der Waals surface area contributed by atoms with Crippen molar-refractivity contribution in [3.8, 4) is 0 Å². The van der Waals surface area contributed by atoms with Gasteiger partial charge >= 0.3 is 12.0 Å². The molecule has 2 saturated heterocycles. The van der Waals surface area contributed by atoms with E-state index in [-0.39, 0.29) is 23.9 Å². The van der Waals surface area contributed by atoms with Gasteiger partial charge in [0.1, 0.15) is 6.04 Å². The second kappa shape index (κ2) is 13.6. The predicted octanol–water partition coefficient (Wildman–Crippen LogP) is 4.84. The van der Waals surface area contributed by atoms with E-state index < -0.39 is 17.6 Å². The van der Waals surface area contributed by atoms with E-state index in [1.165, 1.54) is 12.0 Å². The summed E-state index contributed by atoms with van der Waals surface area (Å²) in [6.45, 7) is 6.54. The Morgan fingerprint density at radius 1 is 0.750 bits per heavy atom. The largest absolute Gasteiger partial charge is 0.467 e. The minimum absolute atomic E-state index is 0.0924. The summed E-state index contributed by atoms with van der Waals surface area (Å²) in [4.78, 5) is 47.8. The maximum absolute atomic E-state index is 14.3. The van der Waals surface area contributed by atoms with E-state index in [1.807, 2.05) is 36.9 Å². The molecule has 2 fully saturated rings. The number of ether oxygens (including phenoxy) is 1. The number of likely N-dealkylation sites (N-methyl/N-ethyl adjacent to an activating group) is 1. The van der Waals surface area contributed by atoms with Crippen molar-refractivity contribution < 1.29 is 19.1 Å². The van der Waals surface area contributed by atoms with Gasteiger partial charge in [0.15, 0.2) is 0 Å². The molecule has 2 heterocycles. The lowest BCUT2D eigenvalue weighted by Gasteiger charge is -2.54. The first-order chi connectivity index (χ1) is 21.3. The number of carbonyl (C=O) groups is 3. The zero-order valence-electron chi connectivity index (χ0n) is 26.3. The second-order valence-corrected chi connectivity index (χ2v) is 12.1. The monoisotopic (exact) mass is 596 g/mol. The quantitative estimate of drug-likeness (QED) is 0.275. The van der Waals surface area contributed by atoms with Gasteiger partial charge in [-0.3, -0.25) is 9.69 Å². The lowest BCUT2D eigenvalue weighted by Crippen LogP contribution is -2.65. The van der Waals surface area contributed by atoms with Crippen LogP contribution in [-0.4, -0.2) is 96.5 Å². The van der Waals surface area contributed by atoms with Gasteiger partial charge in [-0.15, -0.1) is 0 Å². The summed E-state index contributed by atoms with van der Waals surface area (Å²) in [6, 6.07) is 30.2. The molecule has 8 nitrogen and oxygen atoms in total. The number of esters is 1. The predicted molar refractivity (Wildman–Crippen MR) is 171 cm³/mol.